The molecule has 3 heteroatoms. The smallest absolute Gasteiger partial charge is 0.0553 e. The van der Waals surface area contributed by atoms with Crippen molar-refractivity contribution in [1.29, 1.82) is 0 Å². The Balaban J connectivity index is 2.19. The molecule has 0 aliphatic rings. The minimum atomic E-state index is 0.347. The normalized spacial score (nSPS) is 12.9. The molecule has 0 spiro atoms. The van der Waals surface area contributed by atoms with Crippen molar-refractivity contribution in [2.75, 3.05) is 0 Å². The molecule has 17 heavy (non-hydrogen) atoms. The van der Waals surface area contributed by atoms with Gasteiger partial charge in [-0.15, -0.1) is 11.3 Å². The largest absolute Gasteiger partial charge is 0.271 e. The molecular formula is C14H26N2S. The first-order valence-electron chi connectivity index (χ1n) is 6.80. The molecule has 1 rings (SSSR count). The standard InChI is InChI=1S/C14H26N2S/c1-3-4-5-6-7-8-9-13(16-15)14-11-10-12(2)17-14/h10-11,13,16H,3-9,15H2,1-2H3. The fourth-order valence-corrected chi connectivity index (χ4v) is 3.05. The molecule has 1 aromatic rings. The van der Waals surface area contributed by atoms with Gasteiger partial charge >= 0.3 is 0 Å². The number of rotatable bonds is 9. The summed E-state index contributed by atoms with van der Waals surface area (Å²) in [5, 5.41) is 0. The Kier molecular flexibility index (Phi) is 7.49. The molecule has 0 aliphatic carbocycles. The van der Waals surface area contributed by atoms with E-state index in [1.165, 1.54) is 48.3 Å². The molecule has 0 fully saturated rings. The summed E-state index contributed by atoms with van der Waals surface area (Å²) < 4.78 is 0. The molecule has 3 N–H and O–H groups in total. The zero-order valence-electron chi connectivity index (χ0n) is 11.2. The number of nitrogens with one attached hydrogen (secondary N) is 1. The van der Waals surface area contributed by atoms with Gasteiger partial charge in [-0.05, 0) is 25.5 Å². The van der Waals surface area contributed by atoms with Gasteiger partial charge in [0.25, 0.3) is 0 Å². The van der Waals surface area contributed by atoms with Gasteiger partial charge in [-0.2, -0.15) is 0 Å². The zero-order valence-corrected chi connectivity index (χ0v) is 12.0. The third-order valence-corrected chi connectivity index (χ3v) is 4.27. The average Bonchev–Trinajstić information content (AvgIpc) is 2.75. The highest BCUT2D eigenvalue weighted by atomic mass is 32.1. The molecular weight excluding hydrogens is 228 g/mol. The maximum Gasteiger partial charge on any atom is 0.0553 e. The number of hydrazine groups is 1. The van der Waals surface area contributed by atoms with Gasteiger partial charge in [-0.1, -0.05) is 45.4 Å². The van der Waals surface area contributed by atoms with Crippen LogP contribution in [0.2, 0.25) is 0 Å². The molecule has 98 valence electrons. The molecule has 0 saturated carbocycles. The highest BCUT2D eigenvalue weighted by Gasteiger charge is 2.10. The highest BCUT2D eigenvalue weighted by Crippen LogP contribution is 2.26. The van der Waals surface area contributed by atoms with E-state index in [0.29, 0.717) is 6.04 Å². The lowest BCUT2D eigenvalue weighted by Crippen LogP contribution is -2.27. The monoisotopic (exact) mass is 254 g/mol. The Labute approximate surface area is 110 Å². The Morgan fingerprint density at radius 2 is 1.88 bits per heavy atom. The fourth-order valence-electron chi connectivity index (χ4n) is 2.08. The second kappa shape index (κ2) is 8.67. The minimum absolute atomic E-state index is 0.347. The summed E-state index contributed by atoms with van der Waals surface area (Å²) in [6.07, 6.45) is 9.22. The summed E-state index contributed by atoms with van der Waals surface area (Å²) >= 11 is 1.85. The van der Waals surface area contributed by atoms with Crippen LogP contribution >= 0.6 is 11.3 Å². The van der Waals surface area contributed by atoms with E-state index in [-0.39, 0.29) is 0 Å². The molecule has 0 aromatic carbocycles. The summed E-state index contributed by atoms with van der Waals surface area (Å²) in [7, 11) is 0. The summed E-state index contributed by atoms with van der Waals surface area (Å²) in [5.41, 5.74) is 2.94. The van der Waals surface area contributed by atoms with Gasteiger partial charge in [0, 0.05) is 9.75 Å². The SMILES string of the molecule is CCCCCCCCC(NN)c1ccc(C)s1. The average molecular weight is 254 g/mol. The molecule has 1 unspecified atom stereocenters. The van der Waals surface area contributed by atoms with Crippen LogP contribution in [0.15, 0.2) is 12.1 Å². The van der Waals surface area contributed by atoms with Crippen molar-refractivity contribution in [2.24, 2.45) is 5.84 Å². The molecule has 1 aromatic heterocycles. The maximum absolute atomic E-state index is 5.63. The Bertz CT molecular complexity index is 296. The van der Waals surface area contributed by atoms with E-state index in [9.17, 15) is 0 Å². The predicted molar refractivity (Wildman–Crippen MR) is 77.1 cm³/mol. The van der Waals surface area contributed by atoms with Crippen LogP contribution in [0.1, 0.15) is 67.7 Å². The van der Waals surface area contributed by atoms with Crippen LogP contribution in [-0.4, -0.2) is 0 Å². The van der Waals surface area contributed by atoms with Crippen LogP contribution in [0, 0.1) is 6.92 Å². The second-order valence-corrected chi connectivity index (χ2v) is 6.04. The Morgan fingerprint density at radius 1 is 1.18 bits per heavy atom. The third kappa shape index (κ3) is 5.66. The number of hydrogen-bond donors (Lipinski definition) is 2. The number of aryl methyl sites for hydroxylation is 1. The van der Waals surface area contributed by atoms with Crippen LogP contribution in [0.3, 0.4) is 0 Å². The molecule has 1 heterocycles. The predicted octanol–water partition coefficient (Wildman–Crippen LogP) is 4.31. The van der Waals surface area contributed by atoms with Crippen molar-refractivity contribution < 1.29 is 0 Å². The van der Waals surface area contributed by atoms with E-state index in [1.807, 2.05) is 11.3 Å². The first kappa shape index (κ1) is 14.7. The van der Waals surface area contributed by atoms with Crippen LogP contribution in [0.5, 0.6) is 0 Å². The van der Waals surface area contributed by atoms with Crippen LogP contribution < -0.4 is 11.3 Å². The summed E-state index contributed by atoms with van der Waals surface area (Å²) in [6, 6.07) is 4.72. The van der Waals surface area contributed by atoms with Crippen molar-refractivity contribution in [3.8, 4) is 0 Å². The first-order chi connectivity index (χ1) is 8.27. The summed E-state index contributed by atoms with van der Waals surface area (Å²) in [5.74, 6) is 5.63. The van der Waals surface area contributed by atoms with E-state index in [1.54, 1.807) is 0 Å². The van der Waals surface area contributed by atoms with Gasteiger partial charge in [-0.25, -0.2) is 0 Å². The van der Waals surface area contributed by atoms with E-state index < -0.39 is 0 Å². The number of unbranched alkanes of at least 4 members (excludes halogenated alkanes) is 5. The van der Waals surface area contributed by atoms with E-state index in [4.69, 9.17) is 5.84 Å². The molecule has 1 atom stereocenters. The Hall–Kier alpha value is -0.380. The van der Waals surface area contributed by atoms with Gasteiger partial charge in [0.2, 0.25) is 0 Å². The van der Waals surface area contributed by atoms with Gasteiger partial charge < -0.3 is 0 Å². The fraction of sp³-hybridized carbons (Fsp3) is 0.714. The lowest BCUT2D eigenvalue weighted by Gasteiger charge is -2.13. The van der Waals surface area contributed by atoms with Gasteiger partial charge in [0.1, 0.15) is 0 Å². The maximum atomic E-state index is 5.63. The summed E-state index contributed by atoms with van der Waals surface area (Å²) in [4.78, 5) is 2.74. The van der Waals surface area contributed by atoms with Crippen LogP contribution in [0.25, 0.3) is 0 Å². The quantitative estimate of drug-likeness (QED) is 0.391. The molecule has 2 nitrogen and oxygen atoms in total. The topological polar surface area (TPSA) is 38.0 Å². The van der Waals surface area contributed by atoms with Gasteiger partial charge in [0.15, 0.2) is 0 Å². The molecule has 0 aliphatic heterocycles. The lowest BCUT2D eigenvalue weighted by molar-refractivity contribution is 0.482. The summed E-state index contributed by atoms with van der Waals surface area (Å²) in [6.45, 7) is 4.40. The van der Waals surface area contributed by atoms with Crippen LogP contribution in [0.4, 0.5) is 0 Å². The van der Waals surface area contributed by atoms with Gasteiger partial charge in [0.05, 0.1) is 6.04 Å². The number of hydrogen-bond acceptors (Lipinski definition) is 3. The van der Waals surface area contributed by atoms with E-state index in [0.717, 1.165) is 6.42 Å². The van der Waals surface area contributed by atoms with Gasteiger partial charge in [-0.3, -0.25) is 11.3 Å². The molecule has 0 saturated heterocycles. The lowest BCUT2D eigenvalue weighted by atomic mass is 10.1. The minimum Gasteiger partial charge on any atom is -0.271 e. The molecule has 0 bridgehead atoms. The number of thiophene rings is 1. The van der Waals surface area contributed by atoms with E-state index in [2.05, 4.69) is 31.4 Å². The molecule has 0 radical (unpaired) electrons. The van der Waals surface area contributed by atoms with Crippen molar-refractivity contribution in [1.82, 2.24) is 5.43 Å². The van der Waals surface area contributed by atoms with Crippen molar-refractivity contribution in [2.45, 2.75) is 64.8 Å². The third-order valence-electron chi connectivity index (χ3n) is 3.15. The van der Waals surface area contributed by atoms with Crippen molar-refractivity contribution in [3.63, 3.8) is 0 Å². The highest BCUT2D eigenvalue weighted by molar-refractivity contribution is 7.12. The van der Waals surface area contributed by atoms with Crippen LogP contribution in [-0.2, 0) is 0 Å². The van der Waals surface area contributed by atoms with Crippen molar-refractivity contribution in [3.05, 3.63) is 21.9 Å². The number of nitrogens with two attached hydrogens (primary N) is 1. The second-order valence-electron chi connectivity index (χ2n) is 4.72. The Morgan fingerprint density at radius 3 is 2.47 bits per heavy atom. The molecule has 0 amide bonds. The van der Waals surface area contributed by atoms with Crippen molar-refractivity contribution >= 4 is 11.3 Å². The first-order valence-corrected chi connectivity index (χ1v) is 7.62. The van der Waals surface area contributed by atoms with E-state index >= 15 is 0 Å². The zero-order chi connectivity index (χ0) is 12.5.